The number of hydrogen-bond donors (Lipinski definition) is 1. The van der Waals surface area contributed by atoms with Crippen molar-refractivity contribution in [3.8, 4) is 0 Å². The van der Waals surface area contributed by atoms with Gasteiger partial charge in [0.25, 0.3) is 0 Å². The van der Waals surface area contributed by atoms with Gasteiger partial charge in [0.05, 0.1) is 0 Å². The maximum absolute atomic E-state index is 4.29. The van der Waals surface area contributed by atoms with Crippen LogP contribution in [0.1, 0.15) is 5.56 Å². The molecule has 4 nitrogen and oxygen atoms in total. The highest BCUT2D eigenvalue weighted by Crippen LogP contribution is 2.07. The Morgan fingerprint density at radius 3 is 2.67 bits per heavy atom. The van der Waals surface area contributed by atoms with E-state index in [1.165, 1.54) is 5.56 Å². The van der Waals surface area contributed by atoms with Gasteiger partial charge in [-0.1, -0.05) is 0 Å². The summed E-state index contributed by atoms with van der Waals surface area (Å²) in [7, 11) is 2.16. The molecular formula is C11H18N4. The minimum atomic E-state index is 0.944. The zero-order chi connectivity index (χ0) is 10.7. The van der Waals surface area contributed by atoms with Crippen LogP contribution in [-0.2, 0) is 0 Å². The molecule has 0 amide bonds. The van der Waals surface area contributed by atoms with Crippen LogP contribution < -0.4 is 5.43 Å². The Bertz CT molecular complexity index is 318. The smallest absolute Gasteiger partial charge is 0.140 e. The van der Waals surface area contributed by atoms with E-state index < -0.39 is 0 Å². The predicted octanol–water partition coefficient (Wildman–Crippen LogP) is 0.964. The van der Waals surface area contributed by atoms with Gasteiger partial charge in [0.2, 0.25) is 0 Å². The first-order chi connectivity index (χ1) is 7.24. The third kappa shape index (κ3) is 2.91. The van der Waals surface area contributed by atoms with Crippen LogP contribution in [0.2, 0.25) is 0 Å². The number of likely N-dealkylation sites (N-methyl/N-ethyl adjacent to an activating group) is 1. The van der Waals surface area contributed by atoms with Gasteiger partial charge in [-0.2, -0.15) is 0 Å². The number of anilines is 1. The molecule has 0 aliphatic carbocycles. The summed E-state index contributed by atoms with van der Waals surface area (Å²) in [6.07, 6.45) is 1.84. The molecule has 1 aromatic rings. The van der Waals surface area contributed by atoms with Crippen molar-refractivity contribution >= 4 is 5.82 Å². The first-order valence-corrected chi connectivity index (χ1v) is 5.37. The van der Waals surface area contributed by atoms with E-state index in [1.807, 2.05) is 12.3 Å². The summed E-state index contributed by atoms with van der Waals surface area (Å²) in [5.74, 6) is 0.944. The quantitative estimate of drug-likeness (QED) is 0.781. The normalized spacial score (nSPS) is 19.1. The summed E-state index contributed by atoms with van der Waals surface area (Å²) in [6, 6.07) is 4.08. The molecule has 0 spiro atoms. The lowest BCUT2D eigenvalue weighted by atomic mass is 10.3. The number of hydrogen-bond acceptors (Lipinski definition) is 4. The highest BCUT2D eigenvalue weighted by Gasteiger charge is 2.13. The summed E-state index contributed by atoms with van der Waals surface area (Å²) >= 11 is 0. The molecule has 0 aromatic carbocycles. The lowest BCUT2D eigenvalue weighted by Crippen LogP contribution is -2.47. The molecule has 0 bridgehead atoms. The molecule has 82 valence electrons. The molecule has 2 heterocycles. The van der Waals surface area contributed by atoms with Crippen molar-refractivity contribution in [2.75, 3.05) is 38.7 Å². The van der Waals surface area contributed by atoms with Crippen molar-refractivity contribution in [1.82, 2.24) is 14.9 Å². The van der Waals surface area contributed by atoms with Crippen LogP contribution in [0.3, 0.4) is 0 Å². The summed E-state index contributed by atoms with van der Waals surface area (Å²) in [5, 5.41) is 2.22. The predicted molar refractivity (Wildman–Crippen MR) is 61.7 cm³/mol. The van der Waals surface area contributed by atoms with Crippen LogP contribution in [0, 0.1) is 6.92 Å². The molecule has 1 aromatic heterocycles. The first-order valence-electron chi connectivity index (χ1n) is 5.37. The number of aromatic nitrogens is 1. The molecule has 1 N–H and O–H groups in total. The Balaban J connectivity index is 1.92. The Hall–Kier alpha value is -1.13. The lowest BCUT2D eigenvalue weighted by Gasteiger charge is -2.32. The second-order valence-electron chi connectivity index (χ2n) is 4.12. The topological polar surface area (TPSA) is 31.4 Å². The molecule has 1 aliphatic heterocycles. The number of nitrogens with one attached hydrogen (secondary N) is 1. The summed E-state index contributed by atoms with van der Waals surface area (Å²) in [6.45, 7) is 6.40. The lowest BCUT2D eigenvalue weighted by molar-refractivity contribution is 0.178. The SMILES string of the molecule is Cc1ccnc(NN2CCN(C)CC2)c1. The van der Waals surface area contributed by atoms with Crippen LogP contribution >= 0.6 is 0 Å². The van der Waals surface area contributed by atoms with Gasteiger partial charge in [-0.05, 0) is 31.7 Å². The fraction of sp³-hybridized carbons (Fsp3) is 0.545. The molecule has 0 saturated carbocycles. The molecule has 1 fully saturated rings. The van der Waals surface area contributed by atoms with E-state index in [2.05, 4.69) is 40.4 Å². The van der Waals surface area contributed by atoms with Gasteiger partial charge in [0, 0.05) is 32.4 Å². The molecule has 0 radical (unpaired) electrons. The molecule has 15 heavy (non-hydrogen) atoms. The van der Waals surface area contributed by atoms with E-state index in [-0.39, 0.29) is 0 Å². The highest BCUT2D eigenvalue weighted by atomic mass is 15.5. The van der Waals surface area contributed by atoms with Crippen molar-refractivity contribution < 1.29 is 0 Å². The van der Waals surface area contributed by atoms with E-state index in [1.54, 1.807) is 0 Å². The maximum atomic E-state index is 4.29. The van der Waals surface area contributed by atoms with Crippen molar-refractivity contribution in [2.45, 2.75) is 6.92 Å². The maximum Gasteiger partial charge on any atom is 0.140 e. The minimum absolute atomic E-state index is 0.944. The van der Waals surface area contributed by atoms with E-state index in [0.717, 1.165) is 32.0 Å². The molecule has 0 atom stereocenters. The summed E-state index contributed by atoms with van der Waals surface area (Å²) in [4.78, 5) is 6.62. The van der Waals surface area contributed by atoms with Crippen LogP contribution in [0.4, 0.5) is 5.82 Å². The number of aryl methyl sites for hydroxylation is 1. The van der Waals surface area contributed by atoms with E-state index >= 15 is 0 Å². The van der Waals surface area contributed by atoms with E-state index in [4.69, 9.17) is 0 Å². The monoisotopic (exact) mass is 206 g/mol. The fourth-order valence-electron chi connectivity index (χ4n) is 1.68. The van der Waals surface area contributed by atoms with Gasteiger partial charge in [-0.15, -0.1) is 0 Å². The van der Waals surface area contributed by atoms with E-state index in [9.17, 15) is 0 Å². The Kier molecular flexibility index (Phi) is 3.18. The average molecular weight is 206 g/mol. The van der Waals surface area contributed by atoms with Crippen molar-refractivity contribution in [1.29, 1.82) is 0 Å². The Morgan fingerprint density at radius 2 is 2.00 bits per heavy atom. The molecule has 1 aliphatic rings. The molecule has 4 heteroatoms. The molecule has 1 saturated heterocycles. The largest absolute Gasteiger partial charge is 0.304 e. The summed E-state index contributed by atoms with van der Waals surface area (Å²) in [5.41, 5.74) is 4.58. The molecule has 0 unspecified atom stereocenters. The van der Waals surface area contributed by atoms with Gasteiger partial charge in [-0.3, -0.25) is 0 Å². The summed E-state index contributed by atoms with van der Waals surface area (Å²) < 4.78 is 0. The zero-order valence-electron chi connectivity index (χ0n) is 9.40. The van der Waals surface area contributed by atoms with Crippen LogP contribution in [0.25, 0.3) is 0 Å². The number of hydrazine groups is 1. The molecule has 2 rings (SSSR count). The van der Waals surface area contributed by atoms with Gasteiger partial charge in [0.1, 0.15) is 5.82 Å². The minimum Gasteiger partial charge on any atom is -0.304 e. The standard InChI is InChI=1S/C11H18N4/c1-10-3-4-12-11(9-10)13-15-7-5-14(2)6-8-15/h3-4,9H,5-8H2,1-2H3,(H,12,13). The van der Waals surface area contributed by atoms with Gasteiger partial charge in [0.15, 0.2) is 0 Å². The number of pyridine rings is 1. The van der Waals surface area contributed by atoms with Gasteiger partial charge >= 0.3 is 0 Å². The van der Waals surface area contributed by atoms with Crippen LogP contribution in [-0.4, -0.2) is 48.1 Å². The van der Waals surface area contributed by atoms with E-state index in [0.29, 0.717) is 0 Å². The second kappa shape index (κ2) is 4.59. The van der Waals surface area contributed by atoms with Crippen molar-refractivity contribution in [3.05, 3.63) is 23.9 Å². The fourth-order valence-corrected chi connectivity index (χ4v) is 1.68. The average Bonchev–Trinajstić information content (AvgIpc) is 2.22. The number of rotatable bonds is 2. The van der Waals surface area contributed by atoms with Crippen LogP contribution in [0.5, 0.6) is 0 Å². The zero-order valence-corrected chi connectivity index (χ0v) is 9.40. The van der Waals surface area contributed by atoms with Gasteiger partial charge < -0.3 is 10.3 Å². The first kappa shape index (κ1) is 10.4. The Labute approximate surface area is 90.9 Å². The number of piperazine rings is 1. The Morgan fingerprint density at radius 1 is 1.27 bits per heavy atom. The molecular weight excluding hydrogens is 188 g/mol. The third-order valence-electron chi connectivity index (χ3n) is 2.69. The third-order valence-corrected chi connectivity index (χ3v) is 2.69. The van der Waals surface area contributed by atoms with Gasteiger partial charge in [-0.25, -0.2) is 9.99 Å². The van der Waals surface area contributed by atoms with Crippen molar-refractivity contribution in [3.63, 3.8) is 0 Å². The highest BCUT2D eigenvalue weighted by molar-refractivity contribution is 5.35. The second-order valence-corrected chi connectivity index (χ2v) is 4.12. The van der Waals surface area contributed by atoms with Crippen molar-refractivity contribution in [2.24, 2.45) is 0 Å². The number of nitrogens with zero attached hydrogens (tertiary/aromatic N) is 3. The van der Waals surface area contributed by atoms with Crippen LogP contribution in [0.15, 0.2) is 18.3 Å².